The molecule has 96 valence electrons. The van der Waals surface area contributed by atoms with Gasteiger partial charge in [-0.1, -0.05) is 11.6 Å². The summed E-state index contributed by atoms with van der Waals surface area (Å²) in [4.78, 5) is 3.76. The van der Waals surface area contributed by atoms with Crippen LogP contribution in [0.4, 0.5) is 0 Å². The first-order valence-corrected chi connectivity index (χ1v) is 7.62. The van der Waals surface area contributed by atoms with Gasteiger partial charge in [-0.25, -0.2) is 0 Å². The zero-order valence-electron chi connectivity index (χ0n) is 10.4. The molecule has 0 amide bonds. The molecule has 0 spiro atoms. The highest BCUT2D eigenvalue weighted by Crippen LogP contribution is 2.20. The lowest BCUT2D eigenvalue weighted by Crippen LogP contribution is -2.31. The minimum absolute atomic E-state index is 0.863. The van der Waals surface area contributed by atoms with Crippen molar-refractivity contribution < 1.29 is 0 Å². The van der Waals surface area contributed by atoms with Crippen molar-refractivity contribution in [2.24, 2.45) is 5.92 Å². The Morgan fingerprint density at radius 1 is 1.47 bits per heavy atom. The number of hydrogen-bond donors (Lipinski definition) is 1. The van der Waals surface area contributed by atoms with E-state index in [0.29, 0.717) is 0 Å². The van der Waals surface area contributed by atoms with Crippen LogP contribution >= 0.6 is 22.9 Å². The van der Waals surface area contributed by atoms with E-state index in [-0.39, 0.29) is 0 Å². The van der Waals surface area contributed by atoms with Crippen molar-refractivity contribution >= 4 is 22.9 Å². The Hall–Kier alpha value is -0.0900. The van der Waals surface area contributed by atoms with Crippen molar-refractivity contribution in [3.05, 3.63) is 21.3 Å². The zero-order valence-corrected chi connectivity index (χ0v) is 12.0. The summed E-state index contributed by atoms with van der Waals surface area (Å²) in [7, 11) is 2.22. The molecule has 1 aliphatic rings. The van der Waals surface area contributed by atoms with Crippen molar-refractivity contribution in [1.29, 1.82) is 0 Å². The predicted octanol–water partition coefficient (Wildman–Crippen LogP) is 3.22. The van der Waals surface area contributed by atoms with Crippen LogP contribution in [0, 0.1) is 5.92 Å². The van der Waals surface area contributed by atoms with Crippen LogP contribution in [-0.4, -0.2) is 31.6 Å². The fraction of sp³-hybridized carbons (Fsp3) is 0.692. The second kappa shape index (κ2) is 6.74. The van der Waals surface area contributed by atoms with Gasteiger partial charge in [-0.3, -0.25) is 0 Å². The largest absolute Gasteiger partial charge is 0.312 e. The molecule has 2 rings (SSSR count). The Balaban J connectivity index is 1.57. The number of piperidine rings is 1. The Bertz CT molecular complexity index is 332. The molecule has 1 aliphatic heterocycles. The molecular formula is C13H21ClN2S. The lowest BCUT2D eigenvalue weighted by Gasteiger charge is -2.28. The average Bonchev–Trinajstić information content (AvgIpc) is 2.73. The fourth-order valence-electron chi connectivity index (χ4n) is 2.32. The minimum Gasteiger partial charge on any atom is -0.312 e. The molecule has 0 aromatic carbocycles. The summed E-state index contributed by atoms with van der Waals surface area (Å²) in [5, 5.41) is 6.37. The smallest absolute Gasteiger partial charge is 0.0516 e. The maximum Gasteiger partial charge on any atom is 0.0516 e. The molecule has 0 aliphatic carbocycles. The van der Waals surface area contributed by atoms with Gasteiger partial charge in [0.25, 0.3) is 0 Å². The van der Waals surface area contributed by atoms with Crippen LogP contribution in [0.1, 0.15) is 24.1 Å². The number of likely N-dealkylation sites (tertiary alicyclic amines) is 1. The van der Waals surface area contributed by atoms with Gasteiger partial charge in [-0.05, 0) is 57.9 Å². The SMILES string of the molecule is CN1CCC(CCNCc2cc(Cl)cs2)CC1. The molecule has 4 heteroatoms. The van der Waals surface area contributed by atoms with Crippen LogP contribution in [0.3, 0.4) is 0 Å². The Labute approximate surface area is 113 Å². The van der Waals surface area contributed by atoms with Crippen LogP contribution in [0.25, 0.3) is 0 Å². The fourth-order valence-corrected chi connectivity index (χ4v) is 3.36. The van der Waals surface area contributed by atoms with Gasteiger partial charge in [0.1, 0.15) is 0 Å². The van der Waals surface area contributed by atoms with E-state index in [0.717, 1.165) is 24.0 Å². The predicted molar refractivity (Wildman–Crippen MR) is 75.9 cm³/mol. The van der Waals surface area contributed by atoms with Gasteiger partial charge in [0.05, 0.1) is 5.02 Å². The molecule has 1 fully saturated rings. The van der Waals surface area contributed by atoms with E-state index in [2.05, 4.69) is 23.3 Å². The molecule has 0 saturated carbocycles. The van der Waals surface area contributed by atoms with Gasteiger partial charge in [-0.15, -0.1) is 11.3 Å². The van der Waals surface area contributed by atoms with E-state index < -0.39 is 0 Å². The van der Waals surface area contributed by atoms with Gasteiger partial charge in [-0.2, -0.15) is 0 Å². The van der Waals surface area contributed by atoms with E-state index in [1.807, 2.05) is 5.38 Å². The molecule has 1 saturated heterocycles. The molecular weight excluding hydrogens is 252 g/mol. The van der Waals surface area contributed by atoms with Gasteiger partial charge in [0, 0.05) is 16.8 Å². The average molecular weight is 273 g/mol. The zero-order chi connectivity index (χ0) is 12.1. The van der Waals surface area contributed by atoms with Crippen molar-refractivity contribution in [2.45, 2.75) is 25.8 Å². The quantitative estimate of drug-likeness (QED) is 0.828. The number of nitrogens with zero attached hydrogens (tertiary/aromatic N) is 1. The van der Waals surface area contributed by atoms with Gasteiger partial charge < -0.3 is 10.2 Å². The molecule has 2 nitrogen and oxygen atoms in total. The van der Waals surface area contributed by atoms with Gasteiger partial charge in [0.15, 0.2) is 0 Å². The highest BCUT2D eigenvalue weighted by Gasteiger charge is 2.15. The first-order valence-electron chi connectivity index (χ1n) is 6.36. The number of thiophene rings is 1. The third-order valence-corrected chi connectivity index (χ3v) is 4.77. The van der Waals surface area contributed by atoms with Crippen LogP contribution in [-0.2, 0) is 6.54 Å². The summed E-state index contributed by atoms with van der Waals surface area (Å²) < 4.78 is 0. The second-order valence-electron chi connectivity index (χ2n) is 4.94. The number of nitrogens with one attached hydrogen (secondary N) is 1. The standard InChI is InChI=1S/C13H21ClN2S/c1-16-6-3-11(4-7-16)2-5-15-9-13-8-12(14)10-17-13/h8,10-11,15H,2-7,9H2,1H3. The maximum atomic E-state index is 5.89. The lowest BCUT2D eigenvalue weighted by atomic mass is 9.94. The Morgan fingerprint density at radius 2 is 2.24 bits per heavy atom. The van der Waals surface area contributed by atoms with Crippen molar-refractivity contribution in [2.75, 3.05) is 26.7 Å². The maximum absolute atomic E-state index is 5.89. The molecule has 0 bridgehead atoms. The summed E-state index contributed by atoms with van der Waals surface area (Å²) >= 11 is 7.62. The molecule has 0 radical (unpaired) electrons. The van der Waals surface area contributed by atoms with Crippen LogP contribution in [0.2, 0.25) is 5.02 Å². The minimum atomic E-state index is 0.863. The normalized spacial score (nSPS) is 18.7. The number of rotatable bonds is 5. The van der Waals surface area contributed by atoms with Crippen molar-refractivity contribution in [1.82, 2.24) is 10.2 Å². The third-order valence-electron chi connectivity index (χ3n) is 3.49. The Kier molecular flexibility index (Phi) is 5.29. The number of hydrogen-bond acceptors (Lipinski definition) is 3. The van der Waals surface area contributed by atoms with Gasteiger partial charge in [0.2, 0.25) is 0 Å². The molecule has 2 heterocycles. The van der Waals surface area contributed by atoms with Crippen LogP contribution in [0.5, 0.6) is 0 Å². The first-order chi connectivity index (χ1) is 8.24. The van der Waals surface area contributed by atoms with E-state index in [4.69, 9.17) is 11.6 Å². The number of halogens is 1. The summed E-state index contributed by atoms with van der Waals surface area (Å²) in [6.45, 7) is 4.63. The van der Waals surface area contributed by atoms with Crippen molar-refractivity contribution in [3.8, 4) is 0 Å². The first kappa shape index (κ1) is 13.3. The molecule has 0 atom stereocenters. The summed E-state index contributed by atoms with van der Waals surface area (Å²) in [5.74, 6) is 0.922. The lowest BCUT2D eigenvalue weighted by molar-refractivity contribution is 0.211. The molecule has 1 aromatic heterocycles. The Morgan fingerprint density at radius 3 is 2.88 bits per heavy atom. The molecule has 17 heavy (non-hydrogen) atoms. The highest BCUT2D eigenvalue weighted by molar-refractivity contribution is 7.10. The second-order valence-corrected chi connectivity index (χ2v) is 6.38. The van der Waals surface area contributed by atoms with E-state index in [1.165, 1.54) is 37.2 Å². The van der Waals surface area contributed by atoms with Gasteiger partial charge >= 0.3 is 0 Å². The van der Waals surface area contributed by atoms with Crippen molar-refractivity contribution in [3.63, 3.8) is 0 Å². The summed E-state index contributed by atoms with van der Waals surface area (Å²) in [5.41, 5.74) is 0. The molecule has 0 unspecified atom stereocenters. The highest BCUT2D eigenvalue weighted by atomic mass is 35.5. The topological polar surface area (TPSA) is 15.3 Å². The third kappa shape index (κ3) is 4.59. The van der Waals surface area contributed by atoms with E-state index in [9.17, 15) is 0 Å². The summed E-state index contributed by atoms with van der Waals surface area (Å²) in [6, 6.07) is 2.05. The van der Waals surface area contributed by atoms with Crippen LogP contribution in [0.15, 0.2) is 11.4 Å². The summed E-state index contributed by atoms with van der Waals surface area (Å²) in [6.07, 6.45) is 4.04. The van der Waals surface area contributed by atoms with E-state index in [1.54, 1.807) is 11.3 Å². The monoisotopic (exact) mass is 272 g/mol. The molecule has 1 N–H and O–H groups in total. The van der Waals surface area contributed by atoms with E-state index >= 15 is 0 Å². The van der Waals surface area contributed by atoms with Crippen LogP contribution < -0.4 is 5.32 Å². The molecule has 1 aromatic rings.